The highest BCUT2D eigenvalue weighted by Crippen LogP contribution is 2.38. The molecule has 2 unspecified atom stereocenters. The summed E-state index contributed by atoms with van der Waals surface area (Å²) in [5.41, 5.74) is 0.585. The molecular formula is C31H40Cl2N2O8. The number of methoxy groups -OCH3 is 3. The molecule has 2 aromatic rings. The fraction of sp³-hybridized carbons (Fsp3) is 0.548. The van der Waals surface area contributed by atoms with Gasteiger partial charge >= 0.3 is 11.9 Å². The fourth-order valence-corrected chi connectivity index (χ4v) is 5.67. The lowest BCUT2D eigenvalue weighted by Crippen LogP contribution is -2.34. The van der Waals surface area contributed by atoms with Crippen molar-refractivity contribution < 1.29 is 38.0 Å². The Bertz CT molecular complexity index is 1240. The zero-order chi connectivity index (χ0) is 30.8. The lowest BCUT2D eigenvalue weighted by atomic mass is 10.1. The molecule has 0 aromatic heterocycles. The number of cyclic esters (lactones) is 1. The molecule has 3 atom stereocenters. The molecule has 12 heteroatoms. The summed E-state index contributed by atoms with van der Waals surface area (Å²) in [4.78, 5) is 30.9. The van der Waals surface area contributed by atoms with Gasteiger partial charge in [-0.25, -0.2) is 9.59 Å². The Labute approximate surface area is 263 Å². The first-order valence-electron chi connectivity index (χ1n) is 14.6. The number of ether oxygens (including phenoxy) is 6. The normalized spacial score (nSPS) is 22.1. The summed E-state index contributed by atoms with van der Waals surface area (Å²) >= 11 is 12.7. The monoisotopic (exact) mass is 638 g/mol. The van der Waals surface area contributed by atoms with E-state index in [1.54, 1.807) is 18.2 Å². The maximum atomic E-state index is 13.4. The van der Waals surface area contributed by atoms with Gasteiger partial charge in [0, 0.05) is 26.2 Å². The molecule has 0 saturated carbocycles. The first kappa shape index (κ1) is 33.0. The molecule has 0 amide bonds. The van der Waals surface area contributed by atoms with Crippen LogP contribution in [0.4, 0.5) is 0 Å². The Morgan fingerprint density at radius 2 is 1.44 bits per heavy atom. The van der Waals surface area contributed by atoms with E-state index in [1.165, 1.54) is 27.4 Å². The third kappa shape index (κ3) is 9.04. The molecule has 10 nitrogen and oxygen atoms in total. The minimum Gasteiger partial charge on any atom is -0.493 e. The molecular weight excluding hydrogens is 599 g/mol. The fourth-order valence-electron chi connectivity index (χ4n) is 5.29. The van der Waals surface area contributed by atoms with E-state index in [1.807, 2.05) is 0 Å². The van der Waals surface area contributed by atoms with Gasteiger partial charge in [0.25, 0.3) is 0 Å². The number of hydrogen-bond donors (Lipinski definition) is 0. The van der Waals surface area contributed by atoms with E-state index < -0.39 is 11.9 Å². The van der Waals surface area contributed by atoms with Gasteiger partial charge in [0.15, 0.2) is 11.5 Å². The van der Waals surface area contributed by atoms with Crippen LogP contribution in [-0.2, 0) is 9.47 Å². The first-order valence-corrected chi connectivity index (χ1v) is 15.3. The molecule has 2 aliphatic rings. The van der Waals surface area contributed by atoms with Crippen molar-refractivity contribution in [3.8, 4) is 23.0 Å². The number of carbonyl (C=O) groups is 2. The number of halogens is 2. The number of rotatable bonds is 5. The summed E-state index contributed by atoms with van der Waals surface area (Å²) in [5, 5.41) is 0.436. The highest BCUT2D eigenvalue weighted by atomic mass is 35.5. The van der Waals surface area contributed by atoms with Crippen LogP contribution in [0.1, 0.15) is 52.8 Å². The van der Waals surface area contributed by atoms with Crippen LogP contribution in [0.3, 0.4) is 0 Å². The molecule has 4 rings (SSSR count). The second kappa shape index (κ2) is 16.2. The van der Waals surface area contributed by atoms with Gasteiger partial charge in [-0.15, -0.1) is 0 Å². The zero-order valence-corrected chi connectivity index (χ0v) is 26.5. The zero-order valence-electron chi connectivity index (χ0n) is 25.0. The Hall–Kier alpha value is -2.92. The van der Waals surface area contributed by atoms with Crippen molar-refractivity contribution in [2.45, 2.75) is 38.2 Å². The van der Waals surface area contributed by atoms with E-state index in [0.717, 1.165) is 52.1 Å². The molecule has 0 N–H and O–H groups in total. The van der Waals surface area contributed by atoms with Crippen molar-refractivity contribution in [3.05, 3.63) is 45.4 Å². The van der Waals surface area contributed by atoms with Gasteiger partial charge in [0.1, 0.15) is 16.9 Å². The molecule has 4 bridgehead atoms. The second-order valence-electron chi connectivity index (χ2n) is 10.5. The Balaban J connectivity index is 1.52. The lowest BCUT2D eigenvalue weighted by Gasteiger charge is -2.25. The van der Waals surface area contributed by atoms with Gasteiger partial charge in [-0.1, -0.05) is 23.2 Å². The number of esters is 2. The van der Waals surface area contributed by atoms with E-state index in [0.29, 0.717) is 54.4 Å². The van der Waals surface area contributed by atoms with Crippen molar-refractivity contribution in [2.75, 3.05) is 73.8 Å². The van der Waals surface area contributed by atoms with Crippen molar-refractivity contribution in [3.63, 3.8) is 0 Å². The minimum atomic E-state index is -0.480. The average molecular weight is 640 g/mol. The Kier molecular flexibility index (Phi) is 12.5. The molecule has 1 saturated heterocycles. The second-order valence-corrected chi connectivity index (χ2v) is 11.3. The molecule has 0 radical (unpaired) electrons. The van der Waals surface area contributed by atoms with E-state index in [9.17, 15) is 9.59 Å². The van der Waals surface area contributed by atoms with Gasteiger partial charge in [-0.3, -0.25) is 0 Å². The summed E-state index contributed by atoms with van der Waals surface area (Å²) in [6.45, 7) is 6.02. The van der Waals surface area contributed by atoms with Crippen molar-refractivity contribution in [1.29, 1.82) is 0 Å². The molecule has 2 aromatic carbocycles. The van der Waals surface area contributed by atoms with Crippen LogP contribution in [0.2, 0.25) is 10.0 Å². The summed E-state index contributed by atoms with van der Waals surface area (Å²) in [6.07, 6.45) is 3.20. The van der Waals surface area contributed by atoms with Crippen LogP contribution in [0.5, 0.6) is 23.0 Å². The number of carbonyl (C=O) groups excluding carboxylic acids is 2. The van der Waals surface area contributed by atoms with Gasteiger partial charge < -0.3 is 38.2 Å². The average Bonchev–Trinajstić information content (AvgIpc) is 3.25. The maximum absolute atomic E-state index is 13.4. The number of fused-ring (bicyclic) bond motifs is 5. The molecule has 43 heavy (non-hydrogen) atoms. The van der Waals surface area contributed by atoms with Crippen LogP contribution in [-0.4, -0.2) is 102 Å². The maximum Gasteiger partial charge on any atom is 0.338 e. The Morgan fingerprint density at radius 1 is 0.791 bits per heavy atom. The van der Waals surface area contributed by atoms with Gasteiger partial charge in [0.2, 0.25) is 5.75 Å². The van der Waals surface area contributed by atoms with E-state index in [2.05, 4.69) is 9.80 Å². The largest absolute Gasteiger partial charge is 0.493 e. The molecule has 1 fully saturated rings. The SMILES string of the molecule is COc1cc(C(=O)O[C@H]2CCCOc3cc(cc(Cl)c3Cl)C(=O)OCCCN3CCCN(CC2)CC3)cc(OC)c1OC. The first-order chi connectivity index (χ1) is 20.8. The standard InChI is InChI=1S/C31H40Cl2N2O8/c1-38-26-19-22(20-27(39-2)29(26)40-3)31(37)43-23-7-4-15-41-25-18-21(17-24(32)28(25)33)30(36)42-16-6-11-34-9-5-10-35(12-8-23)14-13-34/h17-20,23H,4-16H2,1-3H3/t23-/m0/s1. The summed E-state index contributed by atoms with van der Waals surface area (Å²) < 4.78 is 33.7. The molecule has 2 aliphatic heterocycles. The molecule has 0 aliphatic carbocycles. The predicted octanol–water partition coefficient (Wildman–Crippen LogP) is 5.36. The summed E-state index contributed by atoms with van der Waals surface area (Å²) in [6, 6.07) is 6.21. The van der Waals surface area contributed by atoms with Crippen LogP contribution in [0.25, 0.3) is 0 Å². The summed E-state index contributed by atoms with van der Waals surface area (Å²) in [7, 11) is 4.51. The van der Waals surface area contributed by atoms with E-state index in [4.69, 9.17) is 51.6 Å². The van der Waals surface area contributed by atoms with Gasteiger partial charge in [-0.05, 0) is 69.5 Å². The topological polar surface area (TPSA) is 96.0 Å². The predicted molar refractivity (Wildman–Crippen MR) is 164 cm³/mol. The molecule has 236 valence electrons. The minimum absolute atomic E-state index is 0.211. The molecule has 2 heterocycles. The Morgan fingerprint density at radius 3 is 2.12 bits per heavy atom. The lowest BCUT2D eigenvalue weighted by molar-refractivity contribution is 0.0221. The number of benzene rings is 2. The van der Waals surface area contributed by atoms with Crippen LogP contribution in [0, 0.1) is 0 Å². The van der Waals surface area contributed by atoms with Crippen molar-refractivity contribution >= 4 is 35.1 Å². The smallest absolute Gasteiger partial charge is 0.338 e. The van der Waals surface area contributed by atoms with Crippen molar-refractivity contribution in [2.24, 2.45) is 0 Å². The van der Waals surface area contributed by atoms with E-state index in [-0.39, 0.29) is 28.3 Å². The highest BCUT2D eigenvalue weighted by Gasteiger charge is 2.23. The third-order valence-electron chi connectivity index (χ3n) is 7.63. The van der Waals surface area contributed by atoms with Crippen LogP contribution in [0.15, 0.2) is 24.3 Å². The number of hydrogen-bond acceptors (Lipinski definition) is 10. The third-order valence-corrected chi connectivity index (χ3v) is 8.42. The molecule has 0 spiro atoms. The van der Waals surface area contributed by atoms with Gasteiger partial charge in [0.05, 0.1) is 50.7 Å². The van der Waals surface area contributed by atoms with Crippen molar-refractivity contribution in [1.82, 2.24) is 9.80 Å². The quantitative estimate of drug-likeness (QED) is 0.398. The van der Waals surface area contributed by atoms with Gasteiger partial charge in [-0.2, -0.15) is 0 Å². The van der Waals surface area contributed by atoms with Crippen LogP contribution >= 0.6 is 23.2 Å². The van der Waals surface area contributed by atoms with E-state index >= 15 is 0 Å². The summed E-state index contributed by atoms with van der Waals surface area (Å²) in [5.74, 6) is 0.499. The van der Waals surface area contributed by atoms with Crippen LogP contribution < -0.4 is 18.9 Å². The number of nitrogens with zero attached hydrogens (tertiary/aromatic N) is 2. The highest BCUT2D eigenvalue weighted by molar-refractivity contribution is 6.43.